The van der Waals surface area contributed by atoms with E-state index in [0.29, 0.717) is 26.0 Å². The highest BCUT2D eigenvalue weighted by molar-refractivity contribution is 6.40. The maximum absolute atomic E-state index is 11.2. The van der Waals surface area contributed by atoms with Crippen molar-refractivity contribution in [3.05, 3.63) is 0 Å². The van der Waals surface area contributed by atoms with Gasteiger partial charge in [0.2, 0.25) is 0 Å². The van der Waals surface area contributed by atoms with E-state index < -0.39 is 19.1 Å². The molecular weight excluding hydrogens is 225 g/mol. The van der Waals surface area contributed by atoms with Crippen molar-refractivity contribution in [3.63, 3.8) is 0 Å². The molecule has 2 aliphatic rings. The molecule has 2 heterocycles. The van der Waals surface area contributed by atoms with Crippen molar-refractivity contribution in [1.82, 2.24) is 5.32 Å². The van der Waals surface area contributed by atoms with Gasteiger partial charge in [-0.3, -0.25) is 4.79 Å². The number of carboxylic acids is 1. The largest absolute Gasteiger partial charge is 0.480 e. The Morgan fingerprint density at radius 1 is 1.53 bits per heavy atom. The summed E-state index contributed by atoms with van der Waals surface area (Å²) in [5.41, 5.74) is -0.374. The molecule has 0 saturated carbocycles. The Bertz CT molecular complexity index is 300. The third kappa shape index (κ3) is 2.33. The quantitative estimate of drug-likeness (QED) is 0.466. The Morgan fingerprint density at radius 2 is 2.29 bits per heavy atom. The van der Waals surface area contributed by atoms with E-state index in [4.69, 9.17) is 14.8 Å². The average Bonchev–Trinajstić information content (AvgIpc) is 2.73. The number of nitrogens with one attached hydrogen (secondary N) is 1. The summed E-state index contributed by atoms with van der Waals surface area (Å²) in [5.74, 6) is -0.845. The van der Waals surface area contributed by atoms with E-state index in [1.165, 1.54) is 0 Å². The SMILES string of the molecule is O=C(O)[C@H]1NC[C@@H]2OCC[C@@]21CCCB(O)O. The van der Waals surface area contributed by atoms with Crippen LogP contribution in [-0.2, 0) is 9.53 Å². The third-order valence-electron chi connectivity index (χ3n) is 3.96. The average molecular weight is 243 g/mol. The van der Waals surface area contributed by atoms with E-state index in [9.17, 15) is 9.90 Å². The van der Waals surface area contributed by atoms with Gasteiger partial charge in [-0.1, -0.05) is 6.42 Å². The van der Waals surface area contributed by atoms with Gasteiger partial charge < -0.3 is 25.2 Å². The lowest BCUT2D eigenvalue weighted by Crippen LogP contribution is -2.44. The van der Waals surface area contributed by atoms with Gasteiger partial charge in [0.15, 0.2) is 0 Å². The zero-order valence-electron chi connectivity index (χ0n) is 9.63. The normalized spacial score (nSPS) is 35.9. The van der Waals surface area contributed by atoms with Crippen LogP contribution in [0.25, 0.3) is 0 Å². The molecule has 0 aromatic rings. The second-order valence-corrected chi connectivity index (χ2v) is 4.89. The topological polar surface area (TPSA) is 99.0 Å². The van der Waals surface area contributed by atoms with E-state index in [0.717, 1.165) is 6.42 Å². The minimum atomic E-state index is -1.31. The third-order valence-corrected chi connectivity index (χ3v) is 3.96. The zero-order chi connectivity index (χ0) is 12.5. The van der Waals surface area contributed by atoms with Crippen molar-refractivity contribution in [1.29, 1.82) is 0 Å². The summed E-state index contributed by atoms with van der Waals surface area (Å²) in [7, 11) is -1.31. The molecule has 0 bridgehead atoms. The summed E-state index contributed by atoms with van der Waals surface area (Å²) < 4.78 is 5.57. The van der Waals surface area contributed by atoms with E-state index >= 15 is 0 Å². The lowest BCUT2D eigenvalue weighted by Gasteiger charge is -2.31. The predicted octanol–water partition coefficient (Wildman–Crippen LogP) is -0.929. The number of hydrogen-bond acceptors (Lipinski definition) is 5. The lowest BCUT2D eigenvalue weighted by atomic mass is 9.71. The molecule has 2 rings (SSSR count). The molecule has 4 N–H and O–H groups in total. The van der Waals surface area contributed by atoms with Crippen LogP contribution in [0.5, 0.6) is 0 Å². The number of rotatable bonds is 5. The zero-order valence-corrected chi connectivity index (χ0v) is 9.63. The Hall–Kier alpha value is -0.625. The van der Waals surface area contributed by atoms with Gasteiger partial charge in [0.25, 0.3) is 0 Å². The molecule has 0 radical (unpaired) electrons. The minimum Gasteiger partial charge on any atom is -0.480 e. The van der Waals surface area contributed by atoms with Crippen LogP contribution in [0.15, 0.2) is 0 Å². The first kappa shape index (κ1) is 12.8. The Labute approximate surface area is 100 Å². The van der Waals surface area contributed by atoms with Crippen molar-refractivity contribution in [2.24, 2.45) is 5.41 Å². The number of carboxylic acid groups (broad SMARTS) is 1. The second-order valence-electron chi connectivity index (χ2n) is 4.89. The highest BCUT2D eigenvalue weighted by Crippen LogP contribution is 2.46. The molecule has 2 saturated heterocycles. The fraction of sp³-hybridized carbons (Fsp3) is 0.900. The van der Waals surface area contributed by atoms with Crippen molar-refractivity contribution in [2.45, 2.75) is 37.7 Å². The molecule has 2 fully saturated rings. The van der Waals surface area contributed by atoms with E-state index in [1.54, 1.807) is 0 Å². The molecule has 0 aliphatic carbocycles. The van der Waals surface area contributed by atoms with Crippen molar-refractivity contribution in [3.8, 4) is 0 Å². The second kappa shape index (κ2) is 4.93. The summed E-state index contributed by atoms with van der Waals surface area (Å²) >= 11 is 0. The summed E-state index contributed by atoms with van der Waals surface area (Å²) in [6.45, 7) is 1.16. The molecule has 6 nitrogen and oxygen atoms in total. The Kier molecular flexibility index (Phi) is 3.72. The fourth-order valence-corrected chi connectivity index (χ4v) is 3.12. The van der Waals surface area contributed by atoms with Gasteiger partial charge in [-0.05, 0) is 19.2 Å². The minimum absolute atomic E-state index is 0.0561. The van der Waals surface area contributed by atoms with E-state index in [2.05, 4.69) is 5.32 Å². The molecule has 0 aromatic heterocycles. The van der Waals surface area contributed by atoms with Crippen molar-refractivity contribution >= 4 is 13.1 Å². The van der Waals surface area contributed by atoms with Gasteiger partial charge in [0.1, 0.15) is 6.04 Å². The van der Waals surface area contributed by atoms with E-state index in [-0.39, 0.29) is 17.8 Å². The molecule has 0 aromatic carbocycles. The van der Waals surface area contributed by atoms with Crippen LogP contribution in [0.4, 0.5) is 0 Å². The van der Waals surface area contributed by atoms with Gasteiger partial charge in [-0.25, -0.2) is 0 Å². The molecule has 3 atom stereocenters. The number of ether oxygens (including phenoxy) is 1. The monoisotopic (exact) mass is 243 g/mol. The van der Waals surface area contributed by atoms with Crippen LogP contribution in [0.1, 0.15) is 19.3 Å². The Balaban J connectivity index is 2.03. The molecule has 7 heteroatoms. The summed E-state index contributed by atoms with van der Waals surface area (Å²) in [5, 5.41) is 29.9. The molecule has 0 unspecified atom stereocenters. The first-order chi connectivity index (χ1) is 8.06. The number of fused-ring (bicyclic) bond motifs is 1. The highest BCUT2D eigenvalue weighted by atomic mass is 16.5. The maximum atomic E-state index is 11.2. The van der Waals surface area contributed by atoms with Gasteiger partial charge in [-0.2, -0.15) is 0 Å². The predicted molar refractivity (Wildman–Crippen MR) is 60.4 cm³/mol. The molecule has 2 aliphatic heterocycles. The summed E-state index contributed by atoms with van der Waals surface area (Å²) in [6, 6.07) is -0.578. The van der Waals surface area contributed by atoms with Gasteiger partial charge in [0.05, 0.1) is 6.10 Å². The van der Waals surface area contributed by atoms with Gasteiger partial charge in [0, 0.05) is 18.6 Å². The number of carbonyl (C=O) groups is 1. The molecule has 17 heavy (non-hydrogen) atoms. The smallest absolute Gasteiger partial charge is 0.451 e. The van der Waals surface area contributed by atoms with Crippen molar-refractivity contribution in [2.75, 3.05) is 13.2 Å². The maximum Gasteiger partial charge on any atom is 0.451 e. The molecule has 96 valence electrons. The van der Waals surface area contributed by atoms with Crippen LogP contribution in [-0.4, -0.2) is 53.5 Å². The van der Waals surface area contributed by atoms with Crippen LogP contribution in [0.3, 0.4) is 0 Å². The first-order valence-electron chi connectivity index (χ1n) is 6.00. The highest BCUT2D eigenvalue weighted by Gasteiger charge is 2.56. The first-order valence-corrected chi connectivity index (χ1v) is 6.00. The lowest BCUT2D eigenvalue weighted by molar-refractivity contribution is -0.142. The van der Waals surface area contributed by atoms with Crippen molar-refractivity contribution < 1.29 is 24.7 Å². The van der Waals surface area contributed by atoms with Crippen LogP contribution >= 0.6 is 0 Å². The Morgan fingerprint density at radius 3 is 2.94 bits per heavy atom. The van der Waals surface area contributed by atoms with Crippen LogP contribution in [0, 0.1) is 5.41 Å². The fourth-order valence-electron chi connectivity index (χ4n) is 3.12. The molecular formula is C10H18BNO5. The summed E-state index contributed by atoms with van der Waals surface area (Å²) in [4.78, 5) is 11.2. The van der Waals surface area contributed by atoms with Crippen LogP contribution < -0.4 is 5.32 Å². The van der Waals surface area contributed by atoms with Gasteiger partial charge >= 0.3 is 13.1 Å². The van der Waals surface area contributed by atoms with Gasteiger partial charge in [-0.15, -0.1) is 0 Å². The molecule has 0 amide bonds. The molecule has 0 spiro atoms. The summed E-state index contributed by atoms with van der Waals surface area (Å²) in [6.07, 6.45) is 2.20. The van der Waals surface area contributed by atoms with E-state index in [1.807, 2.05) is 0 Å². The number of aliphatic carboxylic acids is 1. The number of hydrogen-bond donors (Lipinski definition) is 4. The standard InChI is InChI=1S/C10H18BNO5/c13-9(14)8-10(2-1-4-11(15)16)3-5-17-7(10)6-12-8/h7-8,12,15-16H,1-6H2,(H,13,14)/t7-,8+,10-/m0/s1. The van der Waals surface area contributed by atoms with Crippen LogP contribution in [0.2, 0.25) is 6.32 Å².